The van der Waals surface area contributed by atoms with Crippen LogP contribution >= 0.6 is 0 Å². The molecule has 1 heterocycles. The smallest absolute Gasteiger partial charge is 0.265 e. The summed E-state index contributed by atoms with van der Waals surface area (Å²) in [6, 6.07) is 22.9. The van der Waals surface area contributed by atoms with Gasteiger partial charge in [0.15, 0.2) is 20.4 Å². The number of nitrogens with one attached hydrogen (secondary N) is 1. The van der Waals surface area contributed by atoms with Crippen LogP contribution in [0.5, 0.6) is 5.75 Å². The van der Waals surface area contributed by atoms with Crippen molar-refractivity contribution >= 4 is 21.5 Å². The molecule has 3 aromatic rings. The summed E-state index contributed by atoms with van der Waals surface area (Å²) in [6.07, 6.45) is 0.0270. The normalized spacial score (nSPS) is 15.1. The molecular formula is C27H27NO7S. The molecule has 2 N–H and O–H groups in total. The van der Waals surface area contributed by atoms with E-state index in [4.69, 9.17) is 14.7 Å². The first-order chi connectivity index (χ1) is 17.4. The van der Waals surface area contributed by atoms with Gasteiger partial charge in [0.25, 0.3) is 5.91 Å². The summed E-state index contributed by atoms with van der Waals surface area (Å²) >= 11 is 0. The van der Waals surface area contributed by atoms with Crippen LogP contribution in [-0.2, 0) is 19.4 Å². The lowest BCUT2D eigenvalue weighted by atomic mass is 9.98. The predicted octanol–water partition coefficient (Wildman–Crippen LogP) is 3.83. The zero-order valence-corrected chi connectivity index (χ0v) is 20.4. The zero-order valence-electron chi connectivity index (χ0n) is 19.6. The molecule has 0 aliphatic carbocycles. The molecule has 0 spiro atoms. The lowest BCUT2D eigenvalue weighted by Gasteiger charge is -2.34. The van der Waals surface area contributed by atoms with Crippen molar-refractivity contribution in [2.45, 2.75) is 28.9 Å². The van der Waals surface area contributed by atoms with Gasteiger partial charge in [-0.2, -0.15) is 0 Å². The van der Waals surface area contributed by atoms with Crippen LogP contribution in [0, 0.1) is 0 Å². The molecule has 8 nitrogen and oxygen atoms in total. The summed E-state index contributed by atoms with van der Waals surface area (Å²) in [7, 11) is -4.11. The minimum atomic E-state index is -4.11. The number of hydrogen-bond donors (Lipinski definition) is 2. The van der Waals surface area contributed by atoms with E-state index in [9.17, 15) is 18.0 Å². The first-order valence-corrected chi connectivity index (χ1v) is 13.0. The molecule has 3 aromatic carbocycles. The first-order valence-electron chi connectivity index (χ1n) is 11.6. The minimum Gasteiger partial charge on any atom is -0.493 e. The second kappa shape index (κ2) is 11.0. The fraction of sp³-hybridized carbons (Fsp3) is 0.259. The highest BCUT2D eigenvalue weighted by atomic mass is 32.2. The van der Waals surface area contributed by atoms with Crippen LogP contribution in [0.1, 0.15) is 29.6 Å². The van der Waals surface area contributed by atoms with Gasteiger partial charge in [0.05, 0.1) is 11.5 Å². The quantitative estimate of drug-likeness (QED) is 0.256. The van der Waals surface area contributed by atoms with Crippen molar-refractivity contribution in [2.75, 3.05) is 19.8 Å². The number of Topliss-reactive ketones (excluding diaryl/α,β-unsaturated/α-hetero) is 1. The van der Waals surface area contributed by atoms with Gasteiger partial charge in [0.1, 0.15) is 5.75 Å². The third-order valence-corrected chi connectivity index (χ3v) is 8.87. The standard InChI is InChI=1S/C27H27NO7S/c29-25(22-8-4-7-21(19-22)20-5-2-1-3-6-20)13-16-35-23-9-11-24(12-10-23)36(32,33)27(26(30)28-31)14-17-34-18-15-27/h1-12,19,31H,13-18H2,(H,28,30). The highest BCUT2D eigenvalue weighted by Crippen LogP contribution is 2.35. The van der Waals surface area contributed by atoms with Gasteiger partial charge in [0, 0.05) is 25.2 Å². The molecule has 1 amide bonds. The monoisotopic (exact) mass is 509 g/mol. The fourth-order valence-corrected chi connectivity index (χ4v) is 6.21. The van der Waals surface area contributed by atoms with Gasteiger partial charge in [-0.05, 0) is 54.3 Å². The van der Waals surface area contributed by atoms with E-state index < -0.39 is 20.5 Å². The number of rotatable bonds is 9. The number of amides is 1. The Hall–Kier alpha value is -3.53. The molecule has 0 atom stereocenters. The second-order valence-electron chi connectivity index (χ2n) is 8.49. The van der Waals surface area contributed by atoms with Crippen molar-refractivity contribution in [1.82, 2.24) is 5.48 Å². The Morgan fingerprint density at radius 2 is 1.58 bits per heavy atom. The Labute approximate surface area is 209 Å². The summed E-state index contributed by atoms with van der Waals surface area (Å²) in [4.78, 5) is 25.0. The highest BCUT2D eigenvalue weighted by molar-refractivity contribution is 7.93. The molecule has 1 aliphatic rings. The Balaban J connectivity index is 1.39. The lowest BCUT2D eigenvalue weighted by molar-refractivity contribution is -0.134. The largest absolute Gasteiger partial charge is 0.493 e. The maximum absolute atomic E-state index is 13.3. The fourth-order valence-electron chi connectivity index (χ4n) is 4.27. The molecule has 36 heavy (non-hydrogen) atoms. The van der Waals surface area contributed by atoms with Crippen molar-refractivity contribution in [3.05, 3.63) is 84.4 Å². The van der Waals surface area contributed by atoms with E-state index in [0.29, 0.717) is 11.3 Å². The number of hydroxylamine groups is 1. The Kier molecular flexibility index (Phi) is 7.83. The highest BCUT2D eigenvalue weighted by Gasteiger charge is 2.52. The van der Waals surface area contributed by atoms with Crippen LogP contribution in [0.2, 0.25) is 0 Å². The van der Waals surface area contributed by atoms with E-state index >= 15 is 0 Å². The van der Waals surface area contributed by atoms with Crippen molar-refractivity contribution in [3.8, 4) is 16.9 Å². The topological polar surface area (TPSA) is 119 Å². The number of carbonyl (C=O) groups excluding carboxylic acids is 2. The maximum Gasteiger partial charge on any atom is 0.265 e. The molecule has 4 rings (SSSR count). The Morgan fingerprint density at radius 1 is 0.917 bits per heavy atom. The van der Waals surface area contributed by atoms with E-state index in [-0.39, 0.29) is 49.8 Å². The number of carbonyl (C=O) groups is 2. The zero-order chi connectivity index (χ0) is 25.6. The maximum atomic E-state index is 13.3. The predicted molar refractivity (Wildman–Crippen MR) is 133 cm³/mol. The summed E-state index contributed by atoms with van der Waals surface area (Å²) in [5.41, 5.74) is 4.07. The second-order valence-corrected chi connectivity index (χ2v) is 10.8. The molecule has 0 aromatic heterocycles. The summed E-state index contributed by atoms with van der Waals surface area (Å²) in [6.45, 7) is 0.306. The van der Waals surface area contributed by atoms with Crippen molar-refractivity contribution in [1.29, 1.82) is 0 Å². The lowest BCUT2D eigenvalue weighted by Crippen LogP contribution is -2.54. The van der Waals surface area contributed by atoms with Gasteiger partial charge in [-0.25, -0.2) is 13.9 Å². The van der Waals surface area contributed by atoms with Gasteiger partial charge >= 0.3 is 0 Å². The molecule has 188 valence electrons. The number of sulfone groups is 1. The van der Waals surface area contributed by atoms with Gasteiger partial charge in [0.2, 0.25) is 0 Å². The summed E-state index contributed by atoms with van der Waals surface area (Å²) < 4.78 is 35.7. The SMILES string of the molecule is O=C(CCOc1ccc(S(=O)(=O)C2(C(=O)NO)CCOCC2)cc1)c1cccc(-c2ccccc2)c1. The molecule has 1 aliphatic heterocycles. The van der Waals surface area contributed by atoms with Crippen LogP contribution in [0.25, 0.3) is 11.1 Å². The molecule has 0 bridgehead atoms. The van der Waals surface area contributed by atoms with E-state index in [1.165, 1.54) is 29.7 Å². The molecule has 0 radical (unpaired) electrons. The Bertz CT molecular complexity index is 1320. The van der Waals surface area contributed by atoms with E-state index in [2.05, 4.69) is 0 Å². The average Bonchev–Trinajstić information content (AvgIpc) is 2.93. The van der Waals surface area contributed by atoms with E-state index in [1.54, 1.807) is 6.07 Å². The van der Waals surface area contributed by atoms with Crippen LogP contribution in [0.15, 0.2) is 83.8 Å². The van der Waals surface area contributed by atoms with E-state index in [0.717, 1.165) is 11.1 Å². The van der Waals surface area contributed by atoms with Crippen LogP contribution in [-0.4, -0.2) is 49.9 Å². The third kappa shape index (κ3) is 5.18. The molecule has 0 saturated carbocycles. The van der Waals surface area contributed by atoms with Crippen LogP contribution in [0.3, 0.4) is 0 Å². The van der Waals surface area contributed by atoms with Gasteiger partial charge < -0.3 is 9.47 Å². The Morgan fingerprint density at radius 3 is 2.25 bits per heavy atom. The van der Waals surface area contributed by atoms with Crippen molar-refractivity contribution < 1.29 is 32.7 Å². The van der Waals surface area contributed by atoms with E-state index in [1.807, 2.05) is 48.5 Å². The summed E-state index contributed by atoms with van der Waals surface area (Å²) in [5, 5.41) is 9.15. The van der Waals surface area contributed by atoms with Gasteiger partial charge in [-0.15, -0.1) is 0 Å². The number of benzene rings is 3. The molecular weight excluding hydrogens is 482 g/mol. The summed E-state index contributed by atoms with van der Waals surface area (Å²) in [5.74, 6) is -0.642. The molecule has 1 saturated heterocycles. The van der Waals surface area contributed by atoms with Crippen molar-refractivity contribution in [2.24, 2.45) is 0 Å². The number of ketones is 1. The van der Waals surface area contributed by atoms with Crippen LogP contribution < -0.4 is 10.2 Å². The van der Waals surface area contributed by atoms with Gasteiger partial charge in [-0.3, -0.25) is 14.8 Å². The minimum absolute atomic E-state index is 0.0610. The number of ether oxygens (including phenoxy) is 2. The molecule has 9 heteroatoms. The van der Waals surface area contributed by atoms with Crippen LogP contribution in [0.4, 0.5) is 0 Å². The molecule has 1 fully saturated rings. The third-order valence-electron chi connectivity index (χ3n) is 6.35. The number of hydrogen-bond acceptors (Lipinski definition) is 7. The first kappa shape index (κ1) is 25.6. The molecule has 0 unspecified atom stereocenters. The average molecular weight is 510 g/mol. The van der Waals surface area contributed by atoms with Gasteiger partial charge in [-0.1, -0.05) is 48.5 Å². The van der Waals surface area contributed by atoms with Crippen molar-refractivity contribution in [3.63, 3.8) is 0 Å².